The molecule has 1 fully saturated rings. The van der Waals surface area contributed by atoms with Gasteiger partial charge in [-0.1, -0.05) is 22.0 Å². The van der Waals surface area contributed by atoms with Crippen LogP contribution in [-0.4, -0.2) is 81.6 Å². The molecule has 0 radical (unpaired) electrons. The highest BCUT2D eigenvalue weighted by Gasteiger charge is 2.35. The molecule has 2 N–H and O–H groups in total. The van der Waals surface area contributed by atoms with E-state index in [-0.39, 0.29) is 25.1 Å². The number of aromatic nitrogens is 3. The minimum atomic E-state index is -0.944. The highest BCUT2D eigenvalue weighted by molar-refractivity contribution is 9.10. The van der Waals surface area contributed by atoms with Crippen LogP contribution in [0.4, 0.5) is 4.39 Å². The molecule has 2 aromatic rings. The second-order valence-corrected chi connectivity index (χ2v) is 8.78. The number of carbonyl (C=O) groups is 2. The number of nitrogens with zero attached hydrogens (tertiary/aromatic N) is 5. The molecule has 0 bridgehead atoms. The molecule has 13 heteroatoms. The van der Waals surface area contributed by atoms with E-state index in [1.807, 2.05) is 4.90 Å². The van der Waals surface area contributed by atoms with Crippen LogP contribution in [0.3, 0.4) is 0 Å². The molecule has 1 saturated heterocycles. The number of aliphatic carboxylic acids is 1. The molecule has 0 saturated carbocycles. The summed E-state index contributed by atoms with van der Waals surface area (Å²) in [5, 5.41) is 16.5. The van der Waals surface area contributed by atoms with Crippen LogP contribution in [0, 0.1) is 5.82 Å². The van der Waals surface area contributed by atoms with Crippen molar-refractivity contribution in [2.45, 2.75) is 25.5 Å². The van der Waals surface area contributed by atoms with Gasteiger partial charge in [0.2, 0.25) is 5.96 Å². The van der Waals surface area contributed by atoms with Gasteiger partial charge in [-0.25, -0.2) is 19.2 Å². The number of carboxylic acid groups (broad SMARTS) is 1. The van der Waals surface area contributed by atoms with Gasteiger partial charge in [0, 0.05) is 29.8 Å². The lowest BCUT2D eigenvalue weighted by Gasteiger charge is -2.35. The third kappa shape index (κ3) is 5.92. The Balaban J connectivity index is 1.75. The second kappa shape index (κ2) is 11.1. The summed E-state index contributed by atoms with van der Waals surface area (Å²) in [7, 11) is 0. The van der Waals surface area contributed by atoms with Crippen molar-refractivity contribution in [3.8, 4) is 0 Å². The second-order valence-electron chi connectivity index (χ2n) is 7.92. The number of nitrogens with one attached hydrogen (secondary N) is 1. The van der Waals surface area contributed by atoms with E-state index in [4.69, 9.17) is 19.6 Å². The summed E-state index contributed by atoms with van der Waals surface area (Å²) in [6.45, 7) is 3.41. The summed E-state index contributed by atoms with van der Waals surface area (Å²) >= 11 is 3.39. The van der Waals surface area contributed by atoms with Gasteiger partial charge in [-0.2, -0.15) is 9.78 Å². The van der Waals surface area contributed by atoms with Crippen LogP contribution in [0.25, 0.3) is 0 Å². The maximum absolute atomic E-state index is 13.8. The van der Waals surface area contributed by atoms with E-state index in [2.05, 4.69) is 31.3 Å². The molecular weight excluding hydrogens is 527 g/mol. The molecule has 1 aromatic carbocycles. The fraction of sp³-hybridized carbons (Fsp3) is 0.409. The van der Waals surface area contributed by atoms with Gasteiger partial charge >= 0.3 is 11.9 Å². The molecule has 4 rings (SSSR count). The van der Waals surface area contributed by atoms with Crippen molar-refractivity contribution >= 4 is 33.8 Å². The van der Waals surface area contributed by atoms with Crippen molar-refractivity contribution in [1.29, 1.82) is 0 Å². The summed E-state index contributed by atoms with van der Waals surface area (Å²) in [4.78, 5) is 35.0. The predicted octanol–water partition coefficient (Wildman–Crippen LogP) is 1.72. The Hall–Kier alpha value is -3.16. The molecule has 1 aromatic heterocycles. The Morgan fingerprint density at radius 1 is 1.40 bits per heavy atom. The molecular formula is C22H24BrFN6O5. The first-order chi connectivity index (χ1) is 16.9. The number of ether oxygens (including phenoxy) is 2. The van der Waals surface area contributed by atoms with Crippen LogP contribution >= 0.6 is 15.9 Å². The molecule has 3 heterocycles. The van der Waals surface area contributed by atoms with Gasteiger partial charge in [-0.3, -0.25) is 9.69 Å². The molecule has 0 spiro atoms. The minimum absolute atomic E-state index is 0.121. The smallest absolute Gasteiger partial charge is 0.338 e. The summed E-state index contributed by atoms with van der Waals surface area (Å²) in [6, 6.07) is 3.35. The molecule has 2 atom stereocenters. The average Bonchev–Trinajstić information content (AvgIpc) is 3.34. The van der Waals surface area contributed by atoms with Gasteiger partial charge in [0.15, 0.2) is 0 Å². The monoisotopic (exact) mass is 550 g/mol. The first kappa shape index (κ1) is 24.9. The van der Waals surface area contributed by atoms with Gasteiger partial charge in [-0.15, -0.1) is 0 Å². The van der Waals surface area contributed by atoms with E-state index >= 15 is 0 Å². The zero-order valence-corrected chi connectivity index (χ0v) is 20.4. The molecule has 11 nitrogen and oxygen atoms in total. The third-order valence-corrected chi connectivity index (χ3v) is 6.19. The SMILES string of the molecule is CCOC(=O)C1=C(CN2CCOC(CC(=O)O)C2)NC(n2cncn2)=NC1c1ccc(F)cc1Br. The average molecular weight is 551 g/mol. The van der Waals surface area contributed by atoms with Crippen LogP contribution in [0.5, 0.6) is 0 Å². The number of morpholine rings is 1. The van der Waals surface area contributed by atoms with Crippen molar-refractivity contribution in [1.82, 2.24) is 25.0 Å². The standard InChI is InChI=1S/C22H24BrFN6O5/c1-2-34-21(33)19-17(10-29-5-6-35-14(9-29)8-18(31)32)27-22(30-12-25-11-26-30)28-20(19)15-4-3-13(24)7-16(15)23/h3-4,7,11-12,14,20H,2,5-6,8-10H2,1H3,(H,27,28)(H,31,32). The quantitative estimate of drug-likeness (QED) is 0.494. The lowest BCUT2D eigenvalue weighted by Crippen LogP contribution is -2.47. The number of rotatable bonds is 7. The normalized spacial score (nSPS) is 20.8. The topological polar surface area (TPSA) is 131 Å². The zero-order valence-electron chi connectivity index (χ0n) is 18.9. The zero-order chi connectivity index (χ0) is 24.9. The summed E-state index contributed by atoms with van der Waals surface area (Å²) < 4.78 is 26.7. The van der Waals surface area contributed by atoms with E-state index in [1.165, 1.54) is 29.5 Å². The number of aliphatic imine (C=N–C) groups is 1. The van der Waals surface area contributed by atoms with Gasteiger partial charge < -0.3 is 19.9 Å². The van der Waals surface area contributed by atoms with E-state index in [0.29, 0.717) is 41.4 Å². The summed E-state index contributed by atoms with van der Waals surface area (Å²) in [5.41, 5.74) is 1.35. The number of hydrogen-bond acceptors (Lipinski definition) is 9. The van der Waals surface area contributed by atoms with E-state index in [9.17, 15) is 14.0 Å². The molecule has 0 aliphatic carbocycles. The first-order valence-corrected chi connectivity index (χ1v) is 11.8. The van der Waals surface area contributed by atoms with Gasteiger partial charge in [0.1, 0.15) is 24.5 Å². The van der Waals surface area contributed by atoms with E-state index in [0.717, 1.165) is 0 Å². The van der Waals surface area contributed by atoms with Crippen molar-refractivity contribution < 1.29 is 28.6 Å². The maximum Gasteiger partial charge on any atom is 0.338 e. The van der Waals surface area contributed by atoms with Crippen LogP contribution in [0.15, 0.2) is 51.6 Å². The highest BCUT2D eigenvalue weighted by atomic mass is 79.9. The van der Waals surface area contributed by atoms with Crippen LogP contribution in [-0.2, 0) is 19.1 Å². The fourth-order valence-electron chi connectivity index (χ4n) is 4.00. The molecule has 2 aliphatic rings. The molecule has 2 aliphatic heterocycles. The van der Waals surface area contributed by atoms with Gasteiger partial charge in [-0.05, 0) is 24.6 Å². The maximum atomic E-state index is 13.8. The van der Waals surface area contributed by atoms with Crippen molar-refractivity contribution in [3.63, 3.8) is 0 Å². The predicted molar refractivity (Wildman–Crippen MR) is 125 cm³/mol. The number of carboxylic acids is 1. The first-order valence-electron chi connectivity index (χ1n) is 11.0. The molecule has 2 unspecified atom stereocenters. The molecule has 186 valence electrons. The van der Waals surface area contributed by atoms with Gasteiger partial charge in [0.05, 0.1) is 31.3 Å². The number of esters is 1. The number of hydrogen-bond donors (Lipinski definition) is 2. The number of benzene rings is 1. The molecule has 0 amide bonds. The Morgan fingerprint density at radius 3 is 2.91 bits per heavy atom. The van der Waals surface area contributed by atoms with E-state index in [1.54, 1.807) is 13.0 Å². The minimum Gasteiger partial charge on any atom is -0.481 e. The van der Waals surface area contributed by atoms with Gasteiger partial charge in [0.25, 0.3) is 0 Å². The Labute approximate surface area is 208 Å². The third-order valence-electron chi connectivity index (χ3n) is 5.51. The molecule has 35 heavy (non-hydrogen) atoms. The summed E-state index contributed by atoms with van der Waals surface area (Å²) in [6.07, 6.45) is 2.23. The lowest BCUT2D eigenvalue weighted by atomic mass is 9.95. The van der Waals surface area contributed by atoms with Crippen LogP contribution < -0.4 is 5.32 Å². The largest absolute Gasteiger partial charge is 0.481 e. The van der Waals surface area contributed by atoms with Crippen molar-refractivity contribution in [2.75, 3.05) is 32.8 Å². The number of halogens is 2. The Morgan fingerprint density at radius 2 is 2.23 bits per heavy atom. The number of carbonyl (C=O) groups excluding carboxylic acids is 1. The fourth-order valence-corrected chi connectivity index (χ4v) is 4.57. The Kier molecular flexibility index (Phi) is 7.88. The highest BCUT2D eigenvalue weighted by Crippen LogP contribution is 2.36. The lowest BCUT2D eigenvalue weighted by molar-refractivity contribution is -0.142. The van der Waals surface area contributed by atoms with Crippen LogP contribution in [0.1, 0.15) is 24.9 Å². The summed E-state index contributed by atoms with van der Waals surface area (Å²) in [5.74, 6) is -1.62. The van der Waals surface area contributed by atoms with Crippen LogP contribution in [0.2, 0.25) is 0 Å². The Bertz CT molecular complexity index is 1160. The van der Waals surface area contributed by atoms with Crippen molar-refractivity contribution in [3.05, 3.63) is 58.0 Å². The van der Waals surface area contributed by atoms with E-state index < -0.39 is 29.9 Å². The van der Waals surface area contributed by atoms with Crippen molar-refractivity contribution in [2.24, 2.45) is 4.99 Å².